The van der Waals surface area contributed by atoms with Gasteiger partial charge in [0.2, 0.25) is 0 Å². The third-order valence-electron chi connectivity index (χ3n) is 3.00. The number of nitrogen functional groups attached to an aromatic ring is 1. The van der Waals surface area contributed by atoms with Crippen LogP contribution in [0.4, 0.5) is 5.82 Å². The van der Waals surface area contributed by atoms with Crippen LogP contribution in [-0.2, 0) is 6.42 Å². The molecule has 0 radical (unpaired) electrons. The topological polar surface area (TPSA) is 51.8 Å². The number of thiophene rings is 1. The van der Waals surface area contributed by atoms with Crippen LogP contribution in [0.3, 0.4) is 0 Å². The molecule has 1 aromatic carbocycles. The minimum absolute atomic E-state index is 0.567. The maximum absolute atomic E-state index is 5.99. The molecular formula is C14H12IN3S. The maximum atomic E-state index is 5.99. The summed E-state index contributed by atoms with van der Waals surface area (Å²) in [5, 5.41) is 3.29. The number of fused-ring (bicyclic) bond motifs is 1. The molecule has 0 fully saturated rings. The normalized spacial score (nSPS) is 11.1. The van der Waals surface area contributed by atoms with E-state index in [1.165, 1.54) is 10.1 Å². The number of hydrogen-bond donors (Lipinski definition) is 1. The Morgan fingerprint density at radius 1 is 1.26 bits per heavy atom. The van der Waals surface area contributed by atoms with Gasteiger partial charge in [0, 0.05) is 21.0 Å². The van der Waals surface area contributed by atoms with E-state index in [1.54, 1.807) is 11.3 Å². The number of anilines is 1. The molecule has 0 amide bonds. The van der Waals surface area contributed by atoms with Crippen LogP contribution in [0.15, 0.2) is 29.6 Å². The van der Waals surface area contributed by atoms with Crippen LogP contribution >= 0.6 is 33.9 Å². The van der Waals surface area contributed by atoms with E-state index >= 15 is 0 Å². The highest BCUT2D eigenvalue weighted by Gasteiger charge is 2.13. The lowest BCUT2D eigenvalue weighted by atomic mass is 10.1. The average Bonchev–Trinajstić information content (AvgIpc) is 2.85. The molecule has 0 saturated heterocycles. The predicted molar refractivity (Wildman–Crippen MR) is 89.4 cm³/mol. The first-order valence-electron chi connectivity index (χ1n) is 5.99. The van der Waals surface area contributed by atoms with Gasteiger partial charge < -0.3 is 5.73 Å². The van der Waals surface area contributed by atoms with Crippen molar-refractivity contribution in [2.45, 2.75) is 13.3 Å². The number of benzene rings is 1. The second-order valence-corrected chi connectivity index (χ2v) is 6.18. The lowest BCUT2D eigenvalue weighted by Gasteiger charge is -2.07. The van der Waals surface area contributed by atoms with Crippen LogP contribution in [0.1, 0.15) is 12.6 Å². The number of hydrogen-bond acceptors (Lipinski definition) is 4. The molecule has 0 spiro atoms. The van der Waals surface area contributed by atoms with Crippen LogP contribution in [0, 0.1) is 3.57 Å². The van der Waals surface area contributed by atoms with Crippen molar-refractivity contribution in [3.05, 3.63) is 38.9 Å². The number of halogens is 1. The van der Waals surface area contributed by atoms with Crippen LogP contribution in [0.25, 0.3) is 21.5 Å². The van der Waals surface area contributed by atoms with Crippen molar-refractivity contribution in [2.75, 3.05) is 5.73 Å². The van der Waals surface area contributed by atoms with Gasteiger partial charge in [-0.15, -0.1) is 11.3 Å². The molecule has 0 saturated carbocycles. The van der Waals surface area contributed by atoms with Gasteiger partial charge in [-0.1, -0.05) is 25.1 Å². The molecule has 2 N–H and O–H groups in total. The highest BCUT2D eigenvalue weighted by molar-refractivity contribution is 14.1. The molecular weight excluding hydrogens is 369 g/mol. The third kappa shape index (κ3) is 2.21. The van der Waals surface area contributed by atoms with Crippen molar-refractivity contribution >= 4 is 49.8 Å². The van der Waals surface area contributed by atoms with Crippen LogP contribution in [0.2, 0.25) is 0 Å². The van der Waals surface area contributed by atoms with Crippen LogP contribution < -0.4 is 5.73 Å². The summed E-state index contributed by atoms with van der Waals surface area (Å²) in [5.41, 5.74) is 8.07. The fourth-order valence-corrected chi connectivity index (χ4v) is 3.58. The monoisotopic (exact) mass is 381 g/mol. The zero-order chi connectivity index (χ0) is 13.4. The first-order valence-corrected chi connectivity index (χ1v) is 7.95. The summed E-state index contributed by atoms with van der Waals surface area (Å²) < 4.78 is 2.21. The summed E-state index contributed by atoms with van der Waals surface area (Å²) in [6.07, 6.45) is 0.861. The predicted octanol–water partition coefficient (Wildman–Crippen LogP) is 4.11. The van der Waals surface area contributed by atoms with Gasteiger partial charge in [-0.25, -0.2) is 9.97 Å². The molecule has 3 rings (SSSR count). The van der Waals surface area contributed by atoms with E-state index in [2.05, 4.69) is 57.0 Å². The molecule has 0 bridgehead atoms. The highest BCUT2D eigenvalue weighted by Crippen LogP contribution is 2.33. The summed E-state index contributed by atoms with van der Waals surface area (Å²) in [6, 6.07) is 8.29. The van der Waals surface area contributed by atoms with Gasteiger partial charge in [-0.3, -0.25) is 0 Å². The first kappa shape index (κ1) is 12.8. The van der Waals surface area contributed by atoms with Crippen LogP contribution in [-0.4, -0.2) is 9.97 Å². The van der Waals surface area contributed by atoms with Crippen molar-refractivity contribution in [3.8, 4) is 11.4 Å². The van der Waals surface area contributed by atoms with Gasteiger partial charge in [-0.05, 0) is 35.1 Å². The second kappa shape index (κ2) is 5.05. The molecule has 2 aromatic heterocycles. The Balaban J connectivity index is 2.24. The fourth-order valence-electron chi connectivity index (χ4n) is 2.02. The molecule has 3 nitrogen and oxygen atoms in total. The Morgan fingerprint density at radius 3 is 2.84 bits per heavy atom. The molecule has 0 unspecified atom stereocenters. The van der Waals surface area contributed by atoms with Crippen molar-refractivity contribution in [1.82, 2.24) is 9.97 Å². The summed E-state index contributed by atoms with van der Waals surface area (Å²) in [4.78, 5) is 9.09. The van der Waals surface area contributed by atoms with Crippen molar-refractivity contribution in [3.63, 3.8) is 0 Å². The quantitative estimate of drug-likeness (QED) is 0.680. The van der Waals surface area contributed by atoms with Gasteiger partial charge in [0.05, 0.1) is 9.26 Å². The lowest BCUT2D eigenvalue weighted by molar-refractivity contribution is 0.996. The molecule has 0 atom stereocenters. The Morgan fingerprint density at radius 2 is 2.05 bits per heavy atom. The molecule has 96 valence electrons. The van der Waals surface area contributed by atoms with E-state index in [9.17, 15) is 0 Å². The van der Waals surface area contributed by atoms with Gasteiger partial charge in [-0.2, -0.15) is 0 Å². The zero-order valence-corrected chi connectivity index (χ0v) is 13.3. The minimum Gasteiger partial charge on any atom is -0.383 e. The number of nitrogens with two attached hydrogens (primary N) is 1. The number of nitrogens with zero attached hydrogens (tertiary/aromatic N) is 2. The smallest absolute Gasteiger partial charge is 0.163 e. The first-order chi connectivity index (χ1) is 9.20. The van der Waals surface area contributed by atoms with Gasteiger partial charge in [0.15, 0.2) is 5.82 Å². The molecule has 3 aromatic rings. The molecule has 19 heavy (non-hydrogen) atoms. The van der Waals surface area contributed by atoms with E-state index in [-0.39, 0.29) is 0 Å². The van der Waals surface area contributed by atoms with Crippen molar-refractivity contribution in [2.24, 2.45) is 0 Å². The highest BCUT2D eigenvalue weighted by atomic mass is 127. The summed E-state index contributed by atoms with van der Waals surface area (Å²) in [6.45, 7) is 2.08. The molecule has 0 aliphatic carbocycles. The van der Waals surface area contributed by atoms with E-state index in [0.717, 1.165) is 27.1 Å². The Bertz CT molecular complexity index is 752. The molecule has 0 aliphatic heterocycles. The Hall–Kier alpha value is -1.21. The number of aromatic nitrogens is 2. The fraction of sp³-hybridized carbons (Fsp3) is 0.143. The SMILES string of the molecule is CCc1nc(-c2csc3ccccc23)nc(N)c1I. The molecule has 2 heterocycles. The van der Waals surface area contributed by atoms with Gasteiger partial charge in [0.1, 0.15) is 5.82 Å². The second-order valence-electron chi connectivity index (χ2n) is 4.19. The van der Waals surface area contributed by atoms with Gasteiger partial charge in [0.25, 0.3) is 0 Å². The molecule has 0 aliphatic rings. The zero-order valence-electron chi connectivity index (χ0n) is 10.4. The van der Waals surface area contributed by atoms with E-state index in [0.29, 0.717) is 5.82 Å². The van der Waals surface area contributed by atoms with Crippen molar-refractivity contribution < 1.29 is 0 Å². The number of aryl methyl sites for hydroxylation is 1. The van der Waals surface area contributed by atoms with Crippen LogP contribution in [0.5, 0.6) is 0 Å². The summed E-state index contributed by atoms with van der Waals surface area (Å²) in [5.74, 6) is 1.30. The Labute approximate surface area is 129 Å². The third-order valence-corrected chi connectivity index (χ3v) is 5.14. The molecule has 5 heteroatoms. The van der Waals surface area contributed by atoms with Gasteiger partial charge >= 0.3 is 0 Å². The maximum Gasteiger partial charge on any atom is 0.163 e. The minimum atomic E-state index is 0.567. The van der Waals surface area contributed by atoms with Crippen molar-refractivity contribution in [1.29, 1.82) is 0 Å². The van der Waals surface area contributed by atoms with E-state index in [1.807, 2.05) is 12.1 Å². The largest absolute Gasteiger partial charge is 0.383 e. The Kier molecular flexibility index (Phi) is 3.40. The van der Waals surface area contributed by atoms with E-state index in [4.69, 9.17) is 5.73 Å². The summed E-state index contributed by atoms with van der Waals surface area (Å²) in [7, 11) is 0. The summed E-state index contributed by atoms with van der Waals surface area (Å²) >= 11 is 3.92. The lowest BCUT2D eigenvalue weighted by Crippen LogP contribution is -2.04. The standard InChI is InChI=1S/C14H12IN3S/c1-2-10-12(15)13(16)18-14(17-10)9-7-19-11-6-4-3-5-8(9)11/h3-7H,2H2,1H3,(H2,16,17,18). The number of rotatable bonds is 2. The average molecular weight is 381 g/mol. The van der Waals surface area contributed by atoms with E-state index < -0.39 is 0 Å².